The number of nitrogens with one attached hydrogen (secondary N) is 1. The van der Waals surface area contributed by atoms with E-state index in [1.165, 1.54) is 6.07 Å². The Morgan fingerprint density at radius 3 is 2.77 bits per heavy atom. The molecule has 0 heterocycles. The van der Waals surface area contributed by atoms with Crippen LogP contribution in [0.5, 0.6) is 0 Å². The highest BCUT2D eigenvalue weighted by Gasteiger charge is 2.07. The summed E-state index contributed by atoms with van der Waals surface area (Å²) in [5, 5.41) is 13.4. The molecule has 13 heavy (non-hydrogen) atoms. The Hall–Kier alpha value is -0.940. The highest BCUT2D eigenvalue weighted by Crippen LogP contribution is 2.21. The second-order valence-corrected chi connectivity index (χ2v) is 3.52. The molecule has 0 aromatic heterocycles. The summed E-state index contributed by atoms with van der Waals surface area (Å²) < 4.78 is 0.729. The van der Waals surface area contributed by atoms with Crippen LogP contribution in [0.1, 0.15) is 5.56 Å². The maximum absolute atomic E-state index is 10.5. The van der Waals surface area contributed by atoms with Crippen LogP contribution in [0.3, 0.4) is 0 Å². The van der Waals surface area contributed by atoms with Crippen LogP contribution in [0.2, 0.25) is 0 Å². The molecule has 5 heteroatoms. The summed E-state index contributed by atoms with van der Waals surface area (Å²) >= 11 is 3.22. The maximum atomic E-state index is 10.5. The molecule has 0 atom stereocenters. The Morgan fingerprint density at radius 2 is 2.23 bits per heavy atom. The van der Waals surface area contributed by atoms with Crippen LogP contribution in [-0.4, -0.2) is 12.0 Å². The van der Waals surface area contributed by atoms with Crippen LogP contribution < -0.4 is 5.32 Å². The van der Waals surface area contributed by atoms with Gasteiger partial charge in [0.2, 0.25) is 0 Å². The van der Waals surface area contributed by atoms with Crippen molar-refractivity contribution < 1.29 is 4.92 Å². The first-order valence-corrected chi connectivity index (χ1v) is 4.51. The lowest BCUT2D eigenvalue weighted by Crippen LogP contribution is -2.05. The number of hydrogen-bond acceptors (Lipinski definition) is 3. The smallest absolute Gasteiger partial charge is 0.270 e. The molecule has 0 radical (unpaired) electrons. The topological polar surface area (TPSA) is 55.2 Å². The first-order chi connectivity index (χ1) is 6.13. The minimum absolute atomic E-state index is 0.111. The summed E-state index contributed by atoms with van der Waals surface area (Å²) in [6, 6.07) is 4.89. The number of non-ortho nitro benzene ring substituents is 1. The number of nitro groups is 1. The van der Waals surface area contributed by atoms with Crippen molar-refractivity contribution >= 4 is 21.6 Å². The third-order valence-electron chi connectivity index (χ3n) is 1.53. The molecular weight excluding hydrogens is 236 g/mol. The Balaban J connectivity index is 3.03. The standard InChI is InChI=1S/C8H9BrN2O2/c1-10-5-6-2-7(9)4-8(3-6)11(12)13/h2-4,10H,5H2,1H3. The van der Waals surface area contributed by atoms with E-state index in [1.807, 2.05) is 6.07 Å². The van der Waals surface area contributed by atoms with Crippen LogP contribution in [0, 0.1) is 10.1 Å². The normalized spacial score (nSPS) is 10.0. The van der Waals surface area contributed by atoms with Gasteiger partial charge in [0.1, 0.15) is 0 Å². The zero-order chi connectivity index (χ0) is 9.84. The third kappa shape index (κ3) is 2.78. The maximum Gasteiger partial charge on any atom is 0.270 e. The SMILES string of the molecule is CNCc1cc(Br)cc([N+](=O)[O-])c1. The molecule has 0 bridgehead atoms. The van der Waals surface area contributed by atoms with Crippen LogP contribution in [0.25, 0.3) is 0 Å². The summed E-state index contributed by atoms with van der Waals surface area (Å²) in [7, 11) is 1.80. The molecule has 0 saturated carbocycles. The van der Waals surface area contributed by atoms with Gasteiger partial charge in [0.15, 0.2) is 0 Å². The molecule has 0 aliphatic rings. The number of hydrogen-bond donors (Lipinski definition) is 1. The lowest BCUT2D eigenvalue weighted by atomic mass is 10.2. The van der Waals surface area contributed by atoms with Crippen molar-refractivity contribution in [3.8, 4) is 0 Å². The molecule has 1 rings (SSSR count). The van der Waals surface area contributed by atoms with Gasteiger partial charge < -0.3 is 5.32 Å². The molecule has 4 nitrogen and oxygen atoms in total. The van der Waals surface area contributed by atoms with Crippen molar-refractivity contribution in [2.45, 2.75) is 6.54 Å². The lowest BCUT2D eigenvalue weighted by molar-refractivity contribution is -0.385. The van der Waals surface area contributed by atoms with E-state index >= 15 is 0 Å². The Kier molecular flexibility index (Phi) is 3.39. The van der Waals surface area contributed by atoms with Gasteiger partial charge in [-0.3, -0.25) is 10.1 Å². The van der Waals surface area contributed by atoms with E-state index in [1.54, 1.807) is 13.1 Å². The van der Waals surface area contributed by atoms with Crippen molar-refractivity contribution in [1.29, 1.82) is 0 Å². The second kappa shape index (κ2) is 4.34. The fourth-order valence-corrected chi connectivity index (χ4v) is 1.57. The Morgan fingerprint density at radius 1 is 1.54 bits per heavy atom. The van der Waals surface area contributed by atoms with Gasteiger partial charge in [-0.2, -0.15) is 0 Å². The predicted octanol–water partition coefficient (Wildman–Crippen LogP) is 2.08. The average Bonchev–Trinajstić information content (AvgIpc) is 2.03. The Bertz CT molecular complexity index is 328. The molecule has 0 saturated heterocycles. The highest BCUT2D eigenvalue weighted by molar-refractivity contribution is 9.10. The predicted molar refractivity (Wildman–Crippen MR) is 53.6 cm³/mol. The summed E-state index contributed by atoms with van der Waals surface area (Å²) in [5.41, 5.74) is 1.00. The van der Waals surface area contributed by atoms with E-state index in [4.69, 9.17) is 0 Å². The molecule has 1 aromatic rings. The van der Waals surface area contributed by atoms with Gasteiger partial charge in [-0.1, -0.05) is 15.9 Å². The fraction of sp³-hybridized carbons (Fsp3) is 0.250. The Labute approximate surface area is 84.2 Å². The average molecular weight is 245 g/mol. The van der Waals surface area contributed by atoms with Crippen LogP contribution in [-0.2, 0) is 6.54 Å². The van der Waals surface area contributed by atoms with Crippen molar-refractivity contribution in [3.63, 3.8) is 0 Å². The minimum atomic E-state index is -0.399. The molecule has 0 fully saturated rings. The molecule has 1 aromatic carbocycles. The van der Waals surface area contributed by atoms with Crippen LogP contribution >= 0.6 is 15.9 Å². The zero-order valence-corrected chi connectivity index (χ0v) is 8.67. The van der Waals surface area contributed by atoms with Gasteiger partial charge in [-0.25, -0.2) is 0 Å². The highest BCUT2D eigenvalue weighted by atomic mass is 79.9. The van der Waals surface area contributed by atoms with Gasteiger partial charge in [0.05, 0.1) is 4.92 Å². The molecular formula is C8H9BrN2O2. The van der Waals surface area contributed by atoms with Gasteiger partial charge in [0, 0.05) is 23.2 Å². The number of nitrogens with zero attached hydrogens (tertiary/aromatic N) is 1. The van der Waals surface area contributed by atoms with Gasteiger partial charge in [-0.15, -0.1) is 0 Å². The molecule has 70 valence electrons. The van der Waals surface area contributed by atoms with Crippen molar-refractivity contribution in [2.75, 3.05) is 7.05 Å². The number of rotatable bonds is 3. The van der Waals surface area contributed by atoms with E-state index in [9.17, 15) is 10.1 Å². The molecule has 0 aliphatic carbocycles. The molecule has 1 N–H and O–H groups in total. The number of benzene rings is 1. The van der Waals surface area contributed by atoms with E-state index in [0.29, 0.717) is 6.54 Å². The zero-order valence-electron chi connectivity index (χ0n) is 7.08. The number of nitro benzene ring substituents is 1. The molecule has 0 amide bonds. The third-order valence-corrected chi connectivity index (χ3v) is 1.99. The van der Waals surface area contributed by atoms with Crippen LogP contribution in [0.15, 0.2) is 22.7 Å². The molecule has 0 aliphatic heterocycles. The quantitative estimate of drug-likeness (QED) is 0.655. The molecule has 0 unspecified atom stereocenters. The lowest BCUT2D eigenvalue weighted by Gasteiger charge is -2.00. The van der Waals surface area contributed by atoms with E-state index in [0.717, 1.165) is 10.0 Å². The number of halogens is 1. The summed E-state index contributed by atoms with van der Waals surface area (Å²) in [6.45, 7) is 0.625. The van der Waals surface area contributed by atoms with Crippen molar-refractivity contribution in [3.05, 3.63) is 38.3 Å². The minimum Gasteiger partial charge on any atom is -0.316 e. The van der Waals surface area contributed by atoms with E-state index in [-0.39, 0.29) is 5.69 Å². The summed E-state index contributed by atoms with van der Waals surface area (Å²) in [6.07, 6.45) is 0. The molecule has 0 spiro atoms. The first-order valence-electron chi connectivity index (χ1n) is 3.72. The van der Waals surface area contributed by atoms with Crippen molar-refractivity contribution in [1.82, 2.24) is 5.32 Å². The van der Waals surface area contributed by atoms with E-state index < -0.39 is 4.92 Å². The fourth-order valence-electron chi connectivity index (χ4n) is 1.04. The second-order valence-electron chi connectivity index (χ2n) is 2.61. The van der Waals surface area contributed by atoms with E-state index in [2.05, 4.69) is 21.2 Å². The van der Waals surface area contributed by atoms with Gasteiger partial charge in [-0.05, 0) is 18.7 Å². The van der Waals surface area contributed by atoms with Crippen molar-refractivity contribution in [2.24, 2.45) is 0 Å². The van der Waals surface area contributed by atoms with Gasteiger partial charge in [0.25, 0.3) is 5.69 Å². The monoisotopic (exact) mass is 244 g/mol. The summed E-state index contributed by atoms with van der Waals surface area (Å²) in [5.74, 6) is 0. The van der Waals surface area contributed by atoms with Crippen LogP contribution in [0.4, 0.5) is 5.69 Å². The summed E-state index contributed by atoms with van der Waals surface area (Å²) in [4.78, 5) is 10.1. The van der Waals surface area contributed by atoms with Gasteiger partial charge >= 0.3 is 0 Å². The largest absolute Gasteiger partial charge is 0.316 e. The first kappa shape index (κ1) is 10.1.